The van der Waals surface area contributed by atoms with Crippen molar-refractivity contribution in [3.63, 3.8) is 0 Å². The zero-order valence-corrected chi connectivity index (χ0v) is 7.81. The molecule has 2 rings (SSSR count). The largest absolute Gasteiger partial charge is 0.199 e. The van der Waals surface area contributed by atoms with Crippen molar-refractivity contribution in [2.75, 3.05) is 0 Å². The van der Waals surface area contributed by atoms with Gasteiger partial charge in [0.25, 0.3) is 0 Å². The predicted molar refractivity (Wildman–Crippen MR) is 52.1 cm³/mol. The standard InChI is InChI=1S/C9H5ClN4/c1-2-7-5-8(10)3-4-9(7)14-6-11-12-13-14/h1,3-6H. The molecular formula is C9H5ClN4. The lowest BCUT2D eigenvalue weighted by molar-refractivity contribution is 0.788. The number of tetrazole rings is 1. The highest BCUT2D eigenvalue weighted by Crippen LogP contribution is 2.17. The summed E-state index contributed by atoms with van der Waals surface area (Å²) in [6.45, 7) is 0. The Morgan fingerprint density at radius 2 is 2.29 bits per heavy atom. The van der Waals surface area contributed by atoms with Crippen molar-refractivity contribution >= 4 is 11.6 Å². The molecule has 1 heterocycles. The summed E-state index contributed by atoms with van der Waals surface area (Å²) in [5.74, 6) is 2.52. The van der Waals surface area contributed by atoms with Crippen LogP contribution in [0.15, 0.2) is 24.5 Å². The lowest BCUT2D eigenvalue weighted by atomic mass is 10.2. The van der Waals surface area contributed by atoms with Gasteiger partial charge in [0.1, 0.15) is 6.33 Å². The molecule has 0 bridgehead atoms. The molecule has 0 fully saturated rings. The van der Waals surface area contributed by atoms with Crippen LogP contribution >= 0.6 is 11.6 Å². The number of halogens is 1. The van der Waals surface area contributed by atoms with E-state index in [-0.39, 0.29) is 0 Å². The van der Waals surface area contributed by atoms with E-state index in [2.05, 4.69) is 21.4 Å². The second kappa shape index (κ2) is 3.48. The Morgan fingerprint density at radius 3 is 2.93 bits per heavy atom. The Balaban J connectivity index is 2.60. The molecule has 0 saturated carbocycles. The van der Waals surface area contributed by atoms with Gasteiger partial charge in [-0.25, -0.2) is 0 Å². The van der Waals surface area contributed by atoms with Crippen LogP contribution in [-0.4, -0.2) is 20.2 Å². The van der Waals surface area contributed by atoms with Gasteiger partial charge in [-0.3, -0.25) is 0 Å². The molecule has 14 heavy (non-hydrogen) atoms. The van der Waals surface area contributed by atoms with Gasteiger partial charge < -0.3 is 0 Å². The van der Waals surface area contributed by atoms with Crippen molar-refractivity contribution in [3.8, 4) is 18.0 Å². The minimum atomic E-state index is 0.592. The molecule has 0 amide bonds. The predicted octanol–water partition coefficient (Wildman–Crippen LogP) is 1.30. The number of benzene rings is 1. The van der Waals surface area contributed by atoms with E-state index < -0.39 is 0 Å². The smallest absolute Gasteiger partial charge is 0.143 e. The van der Waals surface area contributed by atoms with Crippen LogP contribution in [0.25, 0.3) is 5.69 Å². The Kier molecular flexibility index (Phi) is 2.17. The normalized spacial score (nSPS) is 9.71. The maximum atomic E-state index is 5.80. The molecule has 0 spiro atoms. The Bertz CT molecular complexity index is 484. The summed E-state index contributed by atoms with van der Waals surface area (Å²) in [5, 5.41) is 11.4. The van der Waals surface area contributed by atoms with Crippen LogP contribution in [0.1, 0.15) is 5.56 Å². The molecule has 68 valence electrons. The number of hydrogen-bond donors (Lipinski definition) is 0. The van der Waals surface area contributed by atoms with Gasteiger partial charge in [0.05, 0.1) is 11.3 Å². The summed E-state index contributed by atoms with van der Waals surface area (Å²) >= 11 is 5.80. The van der Waals surface area contributed by atoms with Crippen LogP contribution in [0.3, 0.4) is 0 Å². The van der Waals surface area contributed by atoms with Gasteiger partial charge >= 0.3 is 0 Å². The molecule has 0 aliphatic heterocycles. The average molecular weight is 205 g/mol. The Morgan fingerprint density at radius 1 is 1.43 bits per heavy atom. The van der Waals surface area contributed by atoms with Gasteiger partial charge in [-0.2, -0.15) is 4.68 Å². The SMILES string of the molecule is C#Cc1cc(Cl)ccc1-n1cnnn1. The molecule has 4 nitrogen and oxygen atoms in total. The topological polar surface area (TPSA) is 43.6 Å². The molecule has 0 atom stereocenters. The van der Waals surface area contributed by atoms with Crippen LogP contribution < -0.4 is 0 Å². The molecule has 0 saturated heterocycles. The number of nitrogens with zero attached hydrogens (tertiary/aromatic N) is 4. The maximum absolute atomic E-state index is 5.80. The van der Waals surface area contributed by atoms with E-state index >= 15 is 0 Å². The van der Waals surface area contributed by atoms with E-state index in [0.29, 0.717) is 10.6 Å². The fourth-order valence-electron chi connectivity index (χ4n) is 1.10. The molecule has 0 aliphatic rings. The first kappa shape index (κ1) is 8.73. The number of rotatable bonds is 1. The van der Waals surface area contributed by atoms with Crippen molar-refractivity contribution in [3.05, 3.63) is 35.1 Å². The molecule has 5 heteroatoms. The first-order valence-electron chi connectivity index (χ1n) is 3.81. The van der Waals surface area contributed by atoms with Crippen molar-refractivity contribution in [2.24, 2.45) is 0 Å². The van der Waals surface area contributed by atoms with Gasteiger partial charge in [0, 0.05) is 5.02 Å². The molecule has 0 aliphatic carbocycles. The number of aromatic nitrogens is 4. The molecule has 0 unspecified atom stereocenters. The van der Waals surface area contributed by atoms with Crippen molar-refractivity contribution in [2.45, 2.75) is 0 Å². The molecule has 1 aromatic heterocycles. The third-order valence-corrected chi connectivity index (χ3v) is 1.95. The van der Waals surface area contributed by atoms with Gasteiger partial charge in [-0.1, -0.05) is 17.5 Å². The third kappa shape index (κ3) is 1.45. The van der Waals surface area contributed by atoms with Gasteiger partial charge in [0.15, 0.2) is 0 Å². The van der Waals surface area contributed by atoms with Crippen LogP contribution in [0.5, 0.6) is 0 Å². The van der Waals surface area contributed by atoms with Crippen LogP contribution in [0.4, 0.5) is 0 Å². The molecule has 1 aromatic carbocycles. The third-order valence-electron chi connectivity index (χ3n) is 1.71. The maximum Gasteiger partial charge on any atom is 0.143 e. The fraction of sp³-hybridized carbons (Fsp3) is 0. The fourth-order valence-corrected chi connectivity index (χ4v) is 1.27. The Hall–Kier alpha value is -1.86. The number of hydrogen-bond acceptors (Lipinski definition) is 3. The van der Waals surface area contributed by atoms with E-state index in [1.54, 1.807) is 18.2 Å². The lowest BCUT2D eigenvalue weighted by Gasteiger charge is -2.02. The highest BCUT2D eigenvalue weighted by molar-refractivity contribution is 6.30. The summed E-state index contributed by atoms with van der Waals surface area (Å²) < 4.78 is 1.49. The zero-order chi connectivity index (χ0) is 9.97. The minimum absolute atomic E-state index is 0.592. The minimum Gasteiger partial charge on any atom is -0.199 e. The van der Waals surface area contributed by atoms with E-state index in [9.17, 15) is 0 Å². The van der Waals surface area contributed by atoms with Gasteiger partial charge in [0.2, 0.25) is 0 Å². The van der Waals surface area contributed by atoms with Gasteiger partial charge in [-0.15, -0.1) is 11.5 Å². The van der Waals surface area contributed by atoms with Crippen molar-refractivity contribution < 1.29 is 0 Å². The van der Waals surface area contributed by atoms with E-state index in [1.807, 2.05) is 0 Å². The lowest BCUT2D eigenvalue weighted by Crippen LogP contribution is -1.98. The quantitative estimate of drug-likeness (QED) is 0.658. The van der Waals surface area contributed by atoms with Crippen LogP contribution in [0, 0.1) is 12.3 Å². The molecule has 0 radical (unpaired) electrons. The first-order chi connectivity index (χ1) is 6.81. The van der Waals surface area contributed by atoms with Crippen LogP contribution in [0.2, 0.25) is 5.02 Å². The zero-order valence-electron chi connectivity index (χ0n) is 7.05. The monoisotopic (exact) mass is 204 g/mol. The second-order valence-corrected chi connectivity index (χ2v) is 3.00. The van der Waals surface area contributed by atoms with E-state index in [4.69, 9.17) is 18.0 Å². The molecule has 0 N–H and O–H groups in total. The molecular weight excluding hydrogens is 200 g/mol. The number of terminal acetylenes is 1. The highest BCUT2D eigenvalue weighted by atomic mass is 35.5. The van der Waals surface area contributed by atoms with E-state index in [1.165, 1.54) is 11.0 Å². The first-order valence-corrected chi connectivity index (χ1v) is 4.18. The van der Waals surface area contributed by atoms with Crippen molar-refractivity contribution in [1.29, 1.82) is 0 Å². The summed E-state index contributed by atoms with van der Waals surface area (Å²) in [6.07, 6.45) is 6.81. The summed E-state index contributed by atoms with van der Waals surface area (Å²) in [7, 11) is 0. The summed E-state index contributed by atoms with van der Waals surface area (Å²) in [4.78, 5) is 0. The van der Waals surface area contributed by atoms with E-state index in [0.717, 1.165) is 5.69 Å². The second-order valence-electron chi connectivity index (χ2n) is 2.56. The summed E-state index contributed by atoms with van der Waals surface area (Å²) in [6, 6.07) is 5.20. The van der Waals surface area contributed by atoms with Crippen LogP contribution in [-0.2, 0) is 0 Å². The van der Waals surface area contributed by atoms with Gasteiger partial charge in [-0.05, 0) is 28.6 Å². The van der Waals surface area contributed by atoms with Crippen molar-refractivity contribution in [1.82, 2.24) is 20.2 Å². The summed E-state index contributed by atoms with van der Waals surface area (Å²) in [5.41, 5.74) is 1.40. The average Bonchev–Trinajstić information content (AvgIpc) is 2.70. The molecule has 2 aromatic rings. The Labute approximate surface area is 85.5 Å². The highest BCUT2D eigenvalue weighted by Gasteiger charge is 2.04.